The van der Waals surface area contributed by atoms with Crippen LogP contribution in [0.25, 0.3) is 28.1 Å². The number of rotatable bonds is 4. The Balaban J connectivity index is 1.91. The number of aromatic amines is 1. The highest BCUT2D eigenvalue weighted by Gasteiger charge is 2.19. The van der Waals surface area contributed by atoms with Crippen molar-refractivity contribution < 1.29 is 4.79 Å². The molecule has 3 nitrogen and oxygen atoms in total. The van der Waals surface area contributed by atoms with E-state index in [0.29, 0.717) is 37.1 Å². The van der Waals surface area contributed by atoms with Gasteiger partial charge in [-0.2, -0.15) is 0 Å². The van der Waals surface area contributed by atoms with Gasteiger partial charge in [-0.25, -0.2) is 0 Å². The summed E-state index contributed by atoms with van der Waals surface area (Å²) in [7, 11) is 0. The molecule has 3 aromatic carbocycles. The summed E-state index contributed by atoms with van der Waals surface area (Å²) in [6.07, 6.45) is 2.92. The molecular weight excluding hydrogens is 441 g/mol. The van der Waals surface area contributed by atoms with Gasteiger partial charge in [0.1, 0.15) is 0 Å². The first kappa shape index (κ1) is 20.4. The maximum atomic E-state index is 13.1. The van der Waals surface area contributed by atoms with Gasteiger partial charge >= 0.3 is 0 Å². The van der Waals surface area contributed by atoms with Crippen LogP contribution in [0.1, 0.15) is 15.9 Å². The van der Waals surface area contributed by atoms with Crippen LogP contribution in [-0.2, 0) is 0 Å². The molecule has 0 saturated carbocycles. The molecular formula is C24H14Cl3NO2. The van der Waals surface area contributed by atoms with E-state index in [4.69, 9.17) is 34.8 Å². The lowest BCUT2D eigenvalue weighted by Crippen LogP contribution is -2.18. The average Bonchev–Trinajstić information content (AvgIpc) is 2.71. The number of carbonyl (C=O) groups excluding carboxylic acids is 1. The number of hydrogen-bond acceptors (Lipinski definition) is 2. The predicted octanol–water partition coefficient (Wildman–Crippen LogP) is 7.05. The summed E-state index contributed by atoms with van der Waals surface area (Å²) < 4.78 is 0. The third-order valence-electron chi connectivity index (χ3n) is 4.60. The third kappa shape index (κ3) is 4.19. The van der Waals surface area contributed by atoms with Crippen LogP contribution in [0.3, 0.4) is 0 Å². The maximum absolute atomic E-state index is 13.1. The molecule has 4 aromatic rings. The fraction of sp³-hybridized carbons (Fsp3) is 0. The number of aromatic nitrogens is 1. The molecule has 0 unspecified atom stereocenters. The fourth-order valence-corrected chi connectivity index (χ4v) is 4.05. The molecule has 30 heavy (non-hydrogen) atoms. The van der Waals surface area contributed by atoms with Gasteiger partial charge in [0.05, 0.1) is 5.56 Å². The van der Waals surface area contributed by atoms with E-state index < -0.39 is 11.3 Å². The summed E-state index contributed by atoms with van der Waals surface area (Å²) in [6.45, 7) is 0. The monoisotopic (exact) mass is 453 g/mol. The van der Waals surface area contributed by atoms with Crippen molar-refractivity contribution in [2.75, 3.05) is 0 Å². The first-order valence-electron chi connectivity index (χ1n) is 9.02. The predicted molar refractivity (Wildman–Crippen MR) is 125 cm³/mol. The van der Waals surface area contributed by atoms with Crippen LogP contribution >= 0.6 is 34.8 Å². The Hall–Kier alpha value is -2.85. The van der Waals surface area contributed by atoms with E-state index in [-0.39, 0.29) is 5.56 Å². The Bertz CT molecular complexity index is 1340. The third-order valence-corrected chi connectivity index (χ3v) is 5.27. The molecule has 0 aliphatic heterocycles. The van der Waals surface area contributed by atoms with Crippen LogP contribution in [0.4, 0.5) is 0 Å². The molecule has 1 heterocycles. The summed E-state index contributed by atoms with van der Waals surface area (Å²) in [4.78, 5) is 28.8. The van der Waals surface area contributed by atoms with Gasteiger partial charge in [-0.05, 0) is 53.6 Å². The number of carbonyl (C=O) groups is 1. The lowest BCUT2D eigenvalue weighted by molar-refractivity contribution is 0.104. The zero-order valence-electron chi connectivity index (χ0n) is 15.5. The van der Waals surface area contributed by atoms with Crippen molar-refractivity contribution >= 4 is 57.6 Å². The first-order chi connectivity index (χ1) is 14.4. The van der Waals surface area contributed by atoms with E-state index in [2.05, 4.69) is 4.98 Å². The highest BCUT2D eigenvalue weighted by molar-refractivity contribution is 6.35. The van der Waals surface area contributed by atoms with Crippen LogP contribution in [0.15, 0.2) is 77.6 Å². The lowest BCUT2D eigenvalue weighted by Gasteiger charge is -2.11. The van der Waals surface area contributed by atoms with Crippen molar-refractivity contribution in [1.29, 1.82) is 0 Å². The number of H-pyrrole nitrogens is 1. The Morgan fingerprint density at radius 3 is 2.23 bits per heavy atom. The second-order valence-electron chi connectivity index (χ2n) is 6.66. The maximum Gasteiger partial charge on any atom is 0.260 e. The lowest BCUT2D eigenvalue weighted by atomic mass is 9.94. The van der Waals surface area contributed by atoms with E-state index in [1.54, 1.807) is 42.5 Å². The van der Waals surface area contributed by atoms with Crippen LogP contribution in [0.5, 0.6) is 0 Å². The zero-order chi connectivity index (χ0) is 21.3. The molecule has 0 aliphatic carbocycles. The van der Waals surface area contributed by atoms with Gasteiger partial charge in [-0.1, -0.05) is 71.2 Å². The van der Waals surface area contributed by atoms with E-state index >= 15 is 0 Å². The van der Waals surface area contributed by atoms with Gasteiger partial charge in [0.25, 0.3) is 5.56 Å². The number of nitrogens with one attached hydrogen (secondary N) is 1. The average molecular weight is 455 g/mol. The fourth-order valence-electron chi connectivity index (χ4n) is 3.33. The highest BCUT2D eigenvalue weighted by atomic mass is 35.5. The topological polar surface area (TPSA) is 49.9 Å². The number of ketones is 1. The Labute approximate surface area is 187 Å². The molecule has 148 valence electrons. The van der Waals surface area contributed by atoms with Crippen molar-refractivity contribution in [2.45, 2.75) is 0 Å². The summed E-state index contributed by atoms with van der Waals surface area (Å²) >= 11 is 18.2. The van der Waals surface area contributed by atoms with Crippen LogP contribution in [0, 0.1) is 0 Å². The summed E-state index contributed by atoms with van der Waals surface area (Å²) in [5.41, 5.74) is 2.12. The minimum absolute atomic E-state index is 0.0420. The van der Waals surface area contributed by atoms with Crippen molar-refractivity contribution in [2.24, 2.45) is 0 Å². The van der Waals surface area contributed by atoms with Gasteiger partial charge in [-0.15, -0.1) is 0 Å². The van der Waals surface area contributed by atoms with Gasteiger partial charge in [0, 0.05) is 31.5 Å². The molecule has 1 N–H and O–H groups in total. The molecule has 0 atom stereocenters. The molecule has 1 aromatic heterocycles. The zero-order valence-corrected chi connectivity index (χ0v) is 17.7. The van der Waals surface area contributed by atoms with Crippen LogP contribution in [0.2, 0.25) is 15.1 Å². The smallest absolute Gasteiger partial charge is 0.260 e. The number of halogens is 3. The molecule has 6 heteroatoms. The van der Waals surface area contributed by atoms with Gasteiger partial charge in [0.15, 0.2) is 5.78 Å². The molecule has 0 bridgehead atoms. The Morgan fingerprint density at radius 1 is 0.833 bits per heavy atom. The van der Waals surface area contributed by atoms with E-state index in [1.807, 2.05) is 30.3 Å². The van der Waals surface area contributed by atoms with Crippen molar-refractivity contribution in [3.63, 3.8) is 0 Å². The molecule has 0 amide bonds. The van der Waals surface area contributed by atoms with E-state index in [1.165, 1.54) is 6.08 Å². The van der Waals surface area contributed by atoms with E-state index in [9.17, 15) is 9.59 Å². The molecule has 0 saturated heterocycles. The standard InChI is InChI=1S/C24H14Cl3NO2/c25-16-7-8-20-19(13-16)22(15-4-2-1-3-5-15)23(24(30)28-20)21(29)9-6-14-10-17(26)12-18(27)11-14/h1-13H,(H,28,30). The quantitative estimate of drug-likeness (QED) is 0.265. The van der Waals surface area contributed by atoms with Crippen LogP contribution < -0.4 is 5.56 Å². The van der Waals surface area contributed by atoms with Gasteiger partial charge < -0.3 is 4.98 Å². The van der Waals surface area contributed by atoms with Gasteiger partial charge in [-0.3, -0.25) is 9.59 Å². The van der Waals surface area contributed by atoms with Crippen molar-refractivity contribution in [1.82, 2.24) is 4.98 Å². The summed E-state index contributed by atoms with van der Waals surface area (Å²) in [5, 5.41) is 2.11. The normalized spacial score (nSPS) is 11.3. The number of pyridine rings is 1. The SMILES string of the molecule is O=C(C=Cc1cc(Cl)cc(Cl)c1)c1c(-c2ccccc2)c2cc(Cl)ccc2[nH]c1=O. The van der Waals surface area contributed by atoms with E-state index in [0.717, 1.165) is 5.56 Å². The molecule has 0 spiro atoms. The second-order valence-corrected chi connectivity index (χ2v) is 7.97. The van der Waals surface area contributed by atoms with Crippen LogP contribution in [-0.4, -0.2) is 10.8 Å². The Morgan fingerprint density at radius 2 is 1.53 bits per heavy atom. The second kappa shape index (κ2) is 8.49. The van der Waals surface area contributed by atoms with Crippen molar-refractivity contribution in [3.8, 4) is 11.1 Å². The molecule has 0 radical (unpaired) electrons. The highest BCUT2D eigenvalue weighted by Crippen LogP contribution is 2.31. The number of fused-ring (bicyclic) bond motifs is 1. The number of benzene rings is 3. The Kier molecular flexibility index (Phi) is 5.78. The number of allylic oxidation sites excluding steroid dienone is 1. The minimum atomic E-state index is -0.470. The van der Waals surface area contributed by atoms with Gasteiger partial charge in [0.2, 0.25) is 0 Å². The largest absolute Gasteiger partial charge is 0.321 e. The summed E-state index contributed by atoms with van der Waals surface area (Å²) in [5.74, 6) is -0.437. The number of hydrogen-bond donors (Lipinski definition) is 1. The minimum Gasteiger partial charge on any atom is -0.321 e. The molecule has 4 rings (SSSR count). The molecule has 0 aliphatic rings. The summed E-state index contributed by atoms with van der Waals surface area (Å²) in [6, 6.07) is 19.4. The first-order valence-corrected chi connectivity index (χ1v) is 10.2. The molecule has 0 fully saturated rings. The van der Waals surface area contributed by atoms with Crippen molar-refractivity contribution in [3.05, 3.63) is 109 Å².